The number of guanidine groups is 1. The van der Waals surface area contributed by atoms with Crippen LogP contribution in [0.15, 0.2) is 23.7 Å². The van der Waals surface area contributed by atoms with Gasteiger partial charge in [0.15, 0.2) is 5.96 Å². The lowest BCUT2D eigenvalue weighted by atomic mass is 10.2. The lowest BCUT2D eigenvalue weighted by Gasteiger charge is -2.05. The number of nitrogens with one attached hydrogen (secondary N) is 3. The molecule has 2 aromatic heterocycles. The second-order valence-electron chi connectivity index (χ2n) is 4.94. The zero-order valence-electron chi connectivity index (χ0n) is 12.8. The summed E-state index contributed by atoms with van der Waals surface area (Å²) in [6, 6.07) is 0. The van der Waals surface area contributed by atoms with E-state index in [9.17, 15) is 0 Å². The topological polar surface area (TPSA) is 108 Å². The Labute approximate surface area is 134 Å². The molecule has 0 bridgehead atoms. The van der Waals surface area contributed by atoms with Crippen LogP contribution in [0.1, 0.15) is 23.6 Å². The predicted octanol–water partition coefficient (Wildman–Crippen LogP) is 1.21. The number of aromatic amines is 2. The van der Waals surface area contributed by atoms with Gasteiger partial charge in [-0.1, -0.05) is 0 Å². The van der Waals surface area contributed by atoms with Gasteiger partial charge in [-0.25, -0.2) is 9.97 Å². The third-order valence-electron chi connectivity index (χ3n) is 2.99. The first-order valence-electron chi connectivity index (χ1n) is 7.33. The summed E-state index contributed by atoms with van der Waals surface area (Å²) in [5, 5.41) is 3.12. The number of aromatic nitrogens is 4. The molecule has 7 nitrogen and oxygen atoms in total. The standard InChI is InChI=1S/C14H23N7S/c1-11-7-19-13(21-11)9-22-6-5-18-14(15)17-4-2-3-12-8-16-10-20-12/h7-8,10H,2-6,9H2,1H3,(H,16,20)(H,19,21)(H3,15,17,18). The number of H-pyrrole nitrogens is 2. The third kappa shape index (κ3) is 6.21. The van der Waals surface area contributed by atoms with Gasteiger partial charge in [-0.05, 0) is 19.8 Å². The van der Waals surface area contributed by atoms with Crippen LogP contribution in [0.5, 0.6) is 0 Å². The molecule has 0 aliphatic rings. The highest BCUT2D eigenvalue weighted by Gasteiger charge is 1.98. The van der Waals surface area contributed by atoms with Gasteiger partial charge in [0.25, 0.3) is 0 Å². The van der Waals surface area contributed by atoms with Crippen LogP contribution >= 0.6 is 11.8 Å². The average Bonchev–Trinajstić information content (AvgIpc) is 3.15. The highest BCUT2D eigenvalue weighted by atomic mass is 32.2. The Kier molecular flexibility index (Phi) is 6.82. The molecule has 0 aliphatic carbocycles. The minimum absolute atomic E-state index is 0.513. The van der Waals surface area contributed by atoms with Crippen LogP contribution in [0.25, 0.3) is 0 Å². The number of hydrogen-bond donors (Lipinski definition) is 4. The van der Waals surface area contributed by atoms with Crippen LogP contribution in [-0.2, 0) is 12.2 Å². The van der Waals surface area contributed by atoms with Crippen molar-refractivity contribution in [3.63, 3.8) is 0 Å². The zero-order valence-corrected chi connectivity index (χ0v) is 13.6. The summed E-state index contributed by atoms with van der Waals surface area (Å²) in [6.07, 6.45) is 7.27. The number of nitrogens with zero attached hydrogens (tertiary/aromatic N) is 3. The largest absolute Gasteiger partial charge is 0.370 e. The van der Waals surface area contributed by atoms with E-state index in [1.54, 1.807) is 6.33 Å². The number of rotatable bonds is 9. The molecule has 2 heterocycles. The van der Waals surface area contributed by atoms with Gasteiger partial charge in [0.05, 0.1) is 12.1 Å². The van der Waals surface area contributed by atoms with Crippen molar-refractivity contribution in [2.45, 2.75) is 25.5 Å². The van der Waals surface area contributed by atoms with Gasteiger partial charge in [0.2, 0.25) is 0 Å². The van der Waals surface area contributed by atoms with Gasteiger partial charge in [-0.15, -0.1) is 0 Å². The Hall–Kier alpha value is -1.96. The highest BCUT2D eigenvalue weighted by molar-refractivity contribution is 7.98. The summed E-state index contributed by atoms with van der Waals surface area (Å²) in [7, 11) is 0. The summed E-state index contributed by atoms with van der Waals surface area (Å²) < 4.78 is 0. The van der Waals surface area contributed by atoms with Crippen LogP contribution in [0.3, 0.4) is 0 Å². The number of aliphatic imine (C=N–C) groups is 1. The minimum atomic E-state index is 0.513. The lowest BCUT2D eigenvalue weighted by Crippen LogP contribution is -2.33. The Balaban J connectivity index is 1.49. The van der Waals surface area contributed by atoms with E-state index in [0.29, 0.717) is 5.96 Å². The summed E-state index contributed by atoms with van der Waals surface area (Å²) >= 11 is 1.81. The second kappa shape index (κ2) is 9.14. The maximum absolute atomic E-state index is 5.82. The lowest BCUT2D eigenvalue weighted by molar-refractivity contribution is 0.806. The van der Waals surface area contributed by atoms with E-state index >= 15 is 0 Å². The van der Waals surface area contributed by atoms with Gasteiger partial charge in [-0.2, -0.15) is 11.8 Å². The van der Waals surface area contributed by atoms with Gasteiger partial charge < -0.3 is 21.0 Å². The second-order valence-corrected chi connectivity index (χ2v) is 6.04. The van der Waals surface area contributed by atoms with Crippen molar-refractivity contribution >= 4 is 17.7 Å². The van der Waals surface area contributed by atoms with E-state index in [1.807, 2.05) is 31.1 Å². The smallest absolute Gasteiger partial charge is 0.188 e. The maximum atomic E-state index is 5.82. The van der Waals surface area contributed by atoms with Crippen molar-refractivity contribution < 1.29 is 0 Å². The SMILES string of the molecule is Cc1cnc(CSCCNC(N)=NCCCc2cnc[nH]2)[nH]1. The minimum Gasteiger partial charge on any atom is -0.370 e. The summed E-state index contributed by atoms with van der Waals surface area (Å²) in [4.78, 5) is 18.8. The molecular weight excluding hydrogens is 298 g/mol. The number of thioether (sulfide) groups is 1. The van der Waals surface area contributed by atoms with E-state index in [1.165, 1.54) is 0 Å². The molecular formula is C14H23N7S. The molecule has 0 saturated heterocycles. The fourth-order valence-electron chi connectivity index (χ4n) is 1.91. The summed E-state index contributed by atoms with van der Waals surface area (Å²) in [5.74, 6) is 3.38. The Morgan fingerprint density at radius 1 is 1.45 bits per heavy atom. The van der Waals surface area contributed by atoms with Crippen LogP contribution in [0.4, 0.5) is 0 Å². The maximum Gasteiger partial charge on any atom is 0.188 e. The van der Waals surface area contributed by atoms with E-state index in [-0.39, 0.29) is 0 Å². The van der Waals surface area contributed by atoms with Crippen molar-refractivity contribution in [2.75, 3.05) is 18.8 Å². The summed E-state index contributed by atoms with van der Waals surface area (Å²) in [6.45, 7) is 3.53. The number of aryl methyl sites for hydroxylation is 2. The molecule has 2 rings (SSSR count). The van der Waals surface area contributed by atoms with Crippen LogP contribution in [0, 0.1) is 6.92 Å². The van der Waals surface area contributed by atoms with Crippen LogP contribution in [0.2, 0.25) is 0 Å². The number of hydrogen-bond acceptors (Lipinski definition) is 4. The van der Waals surface area contributed by atoms with Gasteiger partial charge >= 0.3 is 0 Å². The Bertz CT molecular complexity index is 562. The van der Waals surface area contributed by atoms with Crippen molar-refractivity contribution in [3.8, 4) is 0 Å². The van der Waals surface area contributed by atoms with Gasteiger partial charge in [0, 0.05) is 42.6 Å². The quantitative estimate of drug-likeness (QED) is 0.315. The highest BCUT2D eigenvalue weighted by Crippen LogP contribution is 2.07. The first-order chi connectivity index (χ1) is 10.7. The molecule has 0 saturated carbocycles. The van der Waals surface area contributed by atoms with Crippen LogP contribution in [-0.4, -0.2) is 44.7 Å². The normalized spacial score (nSPS) is 11.8. The van der Waals surface area contributed by atoms with E-state index in [4.69, 9.17) is 5.73 Å². The number of imidazole rings is 2. The number of nitrogens with two attached hydrogens (primary N) is 1. The molecule has 5 N–H and O–H groups in total. The van der Waals surface area contributed by atoms with E-state index in [0.717, 1.165) is 54.6 Å². The molecule has 120 valence electrons. The zero-order chi connectivity index (χ0) is 15.6. The first kappa shape index (κ1) is 16.4. The fraction of sp³-hybridized carbons (Fsp3) is 0.500. The fourth-order valence-corrected chi connectivity index (χ4v) is 2.64. The molecule has 0 aliphatic heterocycles. The molecule has 0 atom stereocenters. The first-order valence-corrected chi connectivity index (χ1v) is 8.49. The Morgan fingerprint density at radius 2 is 2.36 bits per heavy atom. The van der Waals surface area contributed by atoms with Gasteiger partial charge in [0.1, 0.15) is 5.82 Å². The van der Waals surface area contributed by atoms with Crippen LogP contribution < -0.4 is 11.1 Å². The van der Waals surface area contributed by atoms with Crippen molar-refractivity contribution in [3.05, 3.63) is 35.9 Å². The molecule has 0 unspecified atom stereocenters. The molecule has 0 aromatic carbocycles. The van der Waals surface area contributed by atoms with Crippen molar-refractivity contribution in [1.29, 1.82) is 0 Å². The Morgan fingerprint density at radius 3 is 3.09 bits per heavy atom. The summed E-state index contributed by atoms with van der Waals surface area (Å²) in [5.41, 5.74) is 8.05. The molecule has 0 radical (unpaired) electrons. The molecule has 2 aromatic rings. The monoisotopic (exact) mass is 321 g/mol. The molecule has 0 fully saturated rings. The predicted molar refractivity (Wildman–Crippen MR) is 90.9 cm³/mol. The molecule has 8 heteroatoms. The molecule has 0 spiro atoms. The van der Waals surface area contributed by atoms with Crippen molar-refractivity contribution in [2.24, 2.45) is 10.7 Å². The average molecular weight is 321 g/mol. The third-order valence-corrected chi connectivity index (χ3v) is 3.96. The van der Waals surface area contributed by atoms with E-state index < -0.39 is 0 Å². The van der Waals surface area contributed by atoms with E-state index in [2.05, 4.69) is 30.2 Å². The van der Waals surface area contributed by atoms with Gasteiger partial charge in [-0.3, -0.25) is 4.99 Å². The molecule has 22 heavy (non-hydrogen) atoms. The van der Waals surface area contributed by atoms with Crippen molar-refractivity contribution in [1.82, 2.24) is 25.3 Å². The molecule has 0 amide bonds.